The Labute approximate surface area is 180 Å². The van der Waals surface area contributed by atoms with Gasteiger partial charge in [0.15, 0.2) is 5.82 Å². The number of H-pyrrole nitrogens is 1. The lowest BCUT2D eigenvalue weighted by Gasteiger charge is -2.14. The Balaban J connectivity index is 1.39. The molecular formula is C25H24N4O2. The number of imidazole rings is 1. The van der Waals surface area contributed by atoms with Gasteiger partial charge in [0.1, 0.15) is 11.9 Å². The molecule has 0 bridgehead atoms. The molecule has 1 atom stereocenters. The standard InChI is InChI=1S/C25H24N4O2/c1-14-8-19-11-20(13-27-25(30)24-26-12-16(3)29-24)31-23(19)21(9-14)17-6-7-22-18(10-17)5-4-15(2)28-22/h4-10,12,20H,11,13H2,1-3H3,(H,26,29)(H,27,30). The van der Waals surface area contributed by atoms with Crippen LogP contribution in [0, 0.1) is 20.8 Å². The van der Waals surface area contributed by atoms with Crippen LogP contribution in [0.3, 0.4) is 0 Å². The van der Waals surface area contributed by atoms with Crippen molar-refractivity contribution in [3.63, 3.8) is 0 Å². The molecule has 1 unspecified atom stereocenters. The van der Waals surface area contributed by atoms with Crippen LogP contribution in [-0.2, 0) is 6.42 Å². The minimum absolute atomic E-state index is 0.111. The maximum Gasteiger partial charge on any atom is 0.287 e. The molecule has 31 heavy (non-hydrogen) atoms. The van der Waals surface area contributed by atoms with Crippen LogP contribution in [0.4, 0.5) is 0 Å². The molecule has 0 aliphatic carbocycles. The highest BCUT2D eigenvalue weighted by molar-refractivity contribution is 5.90. The minimum atomic E-state index is -0.221. The summed E-state index contributed by atoms with van der Waals surface area (Å²) in [6, 6.07) is 14.8. The molecule has 156 valence electrons. The van der Waals surface area contributed by atoms with Gasteiger partial charge in [0.25, 0.3) is 5.91 Å². The monoisotopic (exact) mass is 412 g/mol. The average molecular weight is 412 g/mol. The Hall–Kier alpha value is -3.67. The SMILES string of the molecule is Cc1cc2c(c(-c3ccc4nc(C)ccc4c3)c1)OC(CNC(=O)c1ncc(C)[nH]1)C2. The maximum atomic E-state index is 12.3. The smallest absolute Gasteiger partial charge is 0.287 e. The van der Waals surface area contributed by atoms with Gasteiger partial charge < -0.3 is 15.0 Å². The lowest BCUT2D eigenvalue weighted by Crippen LogP contribution is -2.35. The van der Waals surface area contributed by atoms with Crippen LogP contribution in [0.2, 0.25) is 0 Å². The van der Waals surface area contributed by atoms with Crippen molar-refractivity contribution in [3.8, 4) is 16.9 Å². The van der Waals surface area contributed by atoms with Crippen LogP contribution in [0.5, 0.6) is 5.75 Å². The summed E-state index contributed by atoms with van der Waals surface area (Å²) in [6.07, 6.45) is 2.29. The molecule has 0 fully saturated rings. The highest BCUT2D eigenvalue weighted by atomic mass is 16.5. The van der Waals surface area contributed by atoms with Gasteiger partial charge in [-0.1, -0.05) is 18.2 Å². The first kappa shape index (κ1) is 19.3. The lowest BCUT2D eigenvalue weighted by molar-refractivity contribution is 0.0924. The highest BCUT2D eigenvalue weighted by Crippen LogP contribution is 2.40. The van der Waals surface area contributed by atoms with Gasteiger partial charge in [-0.15, -0.1) is 0 Å². The van der Waals surface area contributed by atoms with Gasteiger partial charge >= 0.3 is 0 Å². The predicted molar refractivity (Wildman–Crippen MR) is 120 cm³/mol. The van der Waals surface area contributed by atoms with E-state index in [1.165, 1.54) is 11.1 Å². The zero-order valence-corrected chi connectivity index (χ0v) is 17.8. The number of aromatic nitrogens is 3. The second-order valence-corrected chi connectivity index (χ2v) is 8.23. The van der Waals surface area contributed by atoms with E-state index in [1.54, 1.807) is 6.20 Å². The van der Waals surface area contributed by atoms with E-state index in [2.05, 4.69) is 63.6 Å². The first-order valence-electron chi connectivity index (χ1n) is 10.4. The Morgan fingerprint density at radius 2 is 2.03 bits per heavy atom. The zero-order chi connectivity index (χ0) is 21.5. The topological polar surface area (TPSA) is 79.9 Å². The van der Waals surface area contributed by atoms with Crippen molar-refractivity contribution in [1.82, 2.24) is 20.3 Å². The first-order chi connectivity index (χ1) is 15.0. The Bertz CT molecular complexity index is 1310. The quantitative estimate of drug-likeness (QED) is 0.524. The molecule has 6 heteroatoms. The number of pyridine rings is 1. The molecule has 4 aromatic rings. The molecule has 0 spiro atoms. The van der Waals surface area contributed by atoms with Crippen molar-refractivity contribution in [1.29, 1.82) is 0 Å². The van der Waals surface area contributed by atoms with Crippen LogP contribution in [0.15, 0.2) is 48.7 Å². The van der Waals surface area contributed by atoms with Crippen LogP contribution >= 0.6 is 0 Å². The average Bonchev–Trinajstić information content (AvgIpc) is 3.37. The molecule has 3 heterocycles. The molecule has 5 rings (SSSR count). The minimum Gasteiger partial charge on any atom is -0.487 e. The van der Waals surface area contributed by atoms with Crippen LogP contribution in [0.25, 0.3) is 22.0 Å². The lowest BCUT2D eigenvalue weighted by atomic mass is 9.97. The van der Waals surface area contributed by atoms with Crippen LogP contribution < -0.4 is 10.1 Å². The second kappa shape index (κ2) is 7.54. The number of nitrogens with zero attached hydrogens (tertiary/aromatic N) is 2. The van der Waals surface area contributed by atoms with E-state index < -0.39 is 0 Å². The van der Waals surface area contributed by atoms with Gasteiger partial charge in [-0.3, -0.25) is 9.78 Å². The van der Waals surface area contributed by atoms with Gasteiger partial charge in [-0.25, -0.2) is 4.98 Å². The third-order valence-corrected chi connectivity index (χ3v) is 5.59. The summed E-state index contributed by atoms with van der Waals surface area (Å²) in [4.78, 5) is 24.0. The number of carbonyl (C=O) groups excluding carboxylic acids is 1. The number of aryl methyl sites for hydroxylation is 3. The first-order valence-corrected chi connectivity index (χ1v) is 10.4. The number of nitrogens with one attached hydrogen (secondary N) is 2. The number of carbonyl (C=O) groups is 1. The molecule has 0 saturated carbocycles. The Morgan fingerprint density at radius 3 is 2.84 bits per heavy atom. The molecule has 1 amide bonds. The molecule has 1 aliphatic rings. The second-order valence-electron chi connectivity index (χ2n) is 8.23. The number of hydrogen-bond donors (Lipinski definition) is 2. The van der Waals surface area contributed by atoms with E-state index >= 15 is 0 Å². The van der Waals surface area contributed by atoms with Gasteiger partial charge in [0.05, 0.1) is 12.1 Å². The molecule has 0 saturated heterocycles. The largest absolute Gasteiger partial charge is 0.487 e. The summed E-state index contributed by atoms with van der Waals surface area (Å²) in [5.41, 5.74) is 7.40. The number of hydrogen-bond acceptors (Lipinski definition) is 4. The van der Waals surface area contributed by atoms with E-state index in [9.17, 15) is 4.79 Å². The fourth-order valence-corrected chi connectivity index (χ4v) is 4.13. The van der Waals surface area contributed by atoms with Crippen molar-refractivity contribution in [2.24, 2.45) is 0 Å². The summed E-state index contributed by atoms with van der Waals surface area (Å²) in [5, 5.41) is 4.03. The highest BCUT2D eigenvalue weighted by Gasteiger charge is 2.27. The summed E-state index contributed by atoms with van der Waals surface area (Å²) >= 11 is 0. The number of benzene rings is 2. The van der Waals surface area contributed by atoms with Gasteiger partial charge in [-0.05, 0) is 61.7 Å². The fourth-order valence-electron chi connectivity index (χ4n) is 4.13. The molecule has 1 aliphatic heterocycles. The van der Waals surface area contributed by atoms with Crippen LogP contribution in [-0.4, -0.2) is 33.5 Å². The number of amides is 1. The molecule has 2 aromatic heterocycles. The van der Waals surface area contributed by atoms with Crippen LogP contribution in [0.1, 0.15) is 33.1 Å². The van der Waals surface area contributed by atoms with E-state index in [0.717, 1.165) is 45.6 Å². The van der Waals surface area contributed by atoms with E-state index in [-0.39, 0.29) is 12.0 Å². The summed E-state index contributed by atoms with van der Waals surface area (Å²) in [7, 11) is 0. The Morgan fingerprint density at radius 1 is 1.16 bits per heavy atom. The predicted octanol–water partition coefficient (Wildman–Crippen LogP) is 4.28. The third kappa shape index (κ3) is 3.77. The van der Waals surface area contributed by atoms with Crippen molar-refractivity contribution in [3.05, 3.63) is 77.0 Å². The number of fused-ring (bicyclic) bond motifs is 2. The van der Waals surface area contributed by atoms with Gasteiger partial charge in [0.2, 0.25) is 0 Å². The molecule has 6 nitrogen and oxygen atoms in total. The molecule has 2 aromatic carbocycles. The van der Waals surface area contributed by atoms with Crippen molar-refractivity contribution >= 4 is 16.8 Å². The van der Waals surface area contributed by atoms with Gasteiger partial charge in [0, 0.05) is 35.0 Å². The maximum absolute atomic E-state index is 12.3. The molecule has 0 radical (unpaired) electrons. The third-order valence-electron chi connectivity index (χ3n) is 5.59. The fraction of sp³-hybridized carbons (Fsp3) is 0.240. The number of rotatable bonds is 4. The number of ether oxygens (including phenoxy) is 1. The number of aromatic amines is 1. The van der Waals surface area contributed by atoms with E-state index in [1.807, 2.05) is 19.9 Å². The van der Waals surface area contributed by atoms with Crippen molar-refractivity contribution in [2.45, 2.75) is 33.3 Å². The Kier molecular flexibility index (Phi) is 4.70. The van der Waals surface area contributed by atoms with E-state index in [0.29, 0.717) is 12.4 Å². The summed E-state index contributed by atoms with van der Waals surface area (Å²) in [5.74, 6) is 1.00. The van der Waals surface area contributed by atoms with E-state index in [4.69, 9.17) is 4.74 Å². The normalized spacial score (nSPS) is 15.0. The molecular weight excluding hydrogens is 388 g/mol. The van der Waals surface area contributed by atoms with Gasteiger partial charge in [-0.2, -0.15) is 0 Å². The zero-order valence-electron chi connectivity index (χ0n) is 17.8. The summed E-state index contributed by atoms with van der Waals surface area (Å²) < 4.78 is 6.31. The summed E-state index contributed by atoms with van der Waals surface area (Å²) in [6.45, 7) is 6.39. The van der Waals surface area contributed by atoms with Crippen molar-refractivity contribution in [2.75, 3.05) is 6.54 Å². The van der Waals surface area contributed by atoms with Crippen molar-refractivity contribution < 1.29 is 9.53 Å². The molecule has 2 N–H and O–H groups in total.